The van der Waals surface area contributed by atoms with Crippen LogP contribution in [0.1, 0.15) is 40.2 Å². The summed E-state index contributed by atoms with van der Waals surface area (Å²) in [5, 5.41) is 0. The monoisotopic (exact) mass is 287 g/mol. The molecule has 106 valence electrons. The molecule has 0 spiro atoms. The van der Waals surface area contributed by atoms with Gasteiger partial charge in [-0.05, 0) is 25.5 Å². The smallest absolute Gasteiger partial charge is 0.128 e. The average Bonchev–Trinajstić information content (AvgIpc) is 2.85. The number of hydrogen-bond acceptors (Lipinski definition) is 4. The second kappa shape index (κ2) is 6.02. The summed E-state index contributed by atoms with van der Waals surface area (Å²) in [7, 11) is 0. The summed E-state index contributed by atoms with van der Waals surface area (Å²) < 4.78 is 0. The Morgan fingerprint density at radius 3 is 3.00 bits per heavy atom. The zero-order valence-electron chi connectivity index (χ0n) is 12.2. The van der Waals surface area contributed by atoms with E-state index >= 15 is 0 Å². The fourth-order valence-corrected chi connectivity index (χ4v) is 3.62. The van der Waals surface area contributed by atoms with Crippen molar-refractivity contribution in [3.8, 4) is 0 Å². The minimum absolute atomic E-state index is 0.985. The standard InChI is InChI=1S/C16H21N3S/c1-3-4-16-17-9-13-10-19(8-7-15(13)18-16)11-14-6-5-12(2)20-14/h5-6,9H,3-4,7-8,10-11H2,1-2H3. The third kappa shape index (κ3) is 3.07. The number of aromatic nitrogens is 2. The summed E-state index contributed by atoms with van der Waals surface area (Å²) in [4.78, 5) is 14.5. The predicted molar refractivity (Wildman–Crippen MR) is 82.9 cm³/mol. The van der Waals surface area contributed by atoms with Gasteiger partial charge in [0.2, 0.25) is 0 Å². The van der Waals surface area contributed by atoms with Crippen LogP contribution in [-0.2, 0) is 25.9 Å². The van der Waals surface area contributed by atoms with Gasteiger partial charge in [0.05, 0.1) is 0 Å². The van der Waals surface area contributed by atoms with Crippen LogP contribution in [-0.4, -0.2) is 21.4 Å². The molecule has 3 rings (SSSR count). The van der Waals surface area contributed by atoms with E-state index in [1.165, 1.54) is 21.0 Å². The van der Waals surface area contributed by atoms with Crippen molar-refractivity contribution in [2.24, 2.45) is 0 Å². The highest BCUT2D eigenvalue weighted by Crippen LogP contribution is 2.22. The number of aryl methyl sites for hydroxylation is 2. The molecule has 0 saturated carbocycles. The Labute approximate surface area is 124 Å². The molecular weight excluding hydrogens is 266 g/mol. The van der Waals surface area contributed by atoms with Crippen LogP contribution in [0.5, 0.6) is 0 Å². The summed E-state index contributed by atoms with van der Waals surface area (Å²) in [5.74, 6) is 1.01. The molecule has 0 aliphatic carbocycles. The highest BCUT2D eigenvalue weighted by molar-refractivity contribution is 7.11. The topological polar surface area (TPSA) is 29.0 Å². The Balaban J connectivity index is 1.69. The minimum Gasteiger partial charge on any atom is -0.293 e. The Bertz CT molecular complexity index is 591. The van der Waals surface area contributed by atoms with E-state index in [1.54, 1.807) is 0 Å². The molecule has 1 aliphatic heterocycles. The van der Waals surface area contributed by atoms with Gasteiger partial charge < -0.3 is 0 Å². The second-order valence-corrected chi connectivity index (χ2v) is 6.85. The molecule has 2 aromatic rings. The van der Waals surface area contributed by atoms with Crippen molar-refractivity contribution in [1.82, 2.24) is 14.9 Å². The van der Waals surface area contributed by atoms with Crippen LogP contribution in [0, 0.1) is 6.92 Å². The van der Waals surface area contributed by atoms with Gasteiger partial charge in [0.15, 0.2) is 0 Å². The lowest BCUT2D eigenvalue weighted by Crippen LogP contribution is -2.30. The number of nitrogens with zero attached hydrogens (tertiary/aromatic N) is 3. The van der Waals surface area contributed by atoms with Gasteiger partial charge >= 0.3 is 0 Å². The van der Waals surface area contributed by atoms with Crippen molar-refractivity contribution in [2.45, 2.75) is 46.2 Å². The molecule has 3 nitrogen and oxygen atoms in total. The molecule has 0 atom stereocenters. The summed E-state index contributed by atoms with van der Waals surface area (Å²) in [6.07, 6.45) is 5.20. The third-order valence-electron chi connectivity index (χ3n) is 3.71. The Kier molecular flexibility index (Phi) is 4.13. The van der Waals surface area contributed by atoms with Crippen molar-refractivity contribution in [3.05, 3.63) is 45.2 Å². The number of hydrogen-bond donors (Lipinski definition) is 0. The Hall–Kier alpha value is -1.26. The van der Waals surface area contributed by atoms with Crippen LogP contribution in [0.25, 0.3) is 0 Å². The highest BCUT2D eigenvalue weighted by atomic mass is 32.1. The first-order valence-electron chi connectivity index (χ1n) is 7.36. The summed E-state index contributed by atoms with van der Waals surface area (Å²) in [5.41, 5.74) is 2.58. The largest absolute Gasteiger partial charge is 0.293 e. The summed E-state index contributed by atoms with van der Waals surface area (Å²) in [6, 6.07) is 4.45. The molecule has 0 radical (unpaired) electrons. The van der Waals surface area contributed by atoms with Crippen molar-refractivity contribution in [1.29, 1.82) is 0 Å². The number of rotatable bonds is 4. The fourth-order valence-electron chi connectivity index (χ4n) is 2.69. The first-order chi connectivity index (χ1) is 9.74. The quantitative estimate of drug-likeness (QED) is 0.863. The van der Waals surface area contributed by atoms with Crippen molar-refractivity contribution < 1.29 is 0 Å². The van der Waals surface area contributed by atoms with Gasteiger partial charge in [-0.3, -0.25) is 4.90 Å². The maximum Gasteiger partial charge on any atom is 0.128 e. The van der Waals surface area contributed by atoms with Crippen LogP contribution in [0.2, 0.25) is 0 Å². The van der Waals surface area contributed by atoms with Crippen LogP contribution < -0.4 is 0 Å². The molecule has 0 N–H and O–H groups in total. The zero-order chi connectivity index (χ0) is 13.9. The summed E-state index contributed by atoms with van der Waals surface area (Å²) in [6.45, 7) is 7.48. The molecule has 3 heterocycles. The highest BCUT2D eigenvalue weighted by Gasteiger charge is 2.18. The fraction of sp³-hybridized carbons (Fsp3) is 0.500. The lowest BCUT2D eigenvalue weighted by atomic mass is 10.1. The first-order valence-corrected chi connectivity index (χ1v) is 8.17. The second-order valence-electron chi connectivity index (χ2n) is 5.48. The molecule has 4 heteroatoms. The molecule has 0 amide bonds. The zero-order valence-corrected chi connectivity index (χ0v) is 13.0. The van der Waals surface area contributed by atoms with Crippen molar-refractivity contribution in [3.63, 3.8) is 0 Å². The van der Waals surface area contributed by atoms with Gasteiger partial charge in [0, 0.05) is 59.7 Å². The molecule has 1 aliphatic rings. The molecular formula is C16H21N3S. The SMILES string of the molecule is CCCc1ncc2c(n1)CCN(Cc1ccc(C)s1)C2. The van der Waals surface area contributed by atoms with E-state index in [0.29, 0.717) is 0 Å². The van der Waals surface area contributed by atoms with E-state index in [-0.39, 0.29) is 0 Å². The molecule has 0 bridgehead atoms. The maximum atomic E-state index is 4.71. The van der Waals surface area contributed by atoms with Crippen LogP contribution >= 0.6 is 11.3 Å². The van der Waals surface area contributed by atoms with E-state index in [0.717, 1.165) is 44.7 Å². The van der Waals surface area contributed by atoms with E-state index in [1.807, 2.05) is 17.5 Å². The normalized spacial score (nSPS) is 15.3. The number of thiophene rings is 1. The van der Waals surface area contributed by atoms with Crippen LogP contribution in [0.4, 0.5) is 0 Å². The number of fused-ring (bicyclic) bond motifs is 1. The maximum absolute atomic E-state index is 4.71. The molecule has 0 saturated heterocycles. The van der Waals surface area contributed by atoms with E-state index < -0.39 is 0 Å². The predicted octanol–water partition coefficient (Wildman–Crippen LogP) is 3.36. The van der Waals surface area contributed by atoms with Crippen LogP contribution in [0.3, 0.4) is 0 Å². The minimum atomic E-state index is 0.985. The molecule has 0 aromatic carbocycles. The van der Waals surface area contributed by atoms with Gasteiger partial charge in [-0.25, -0.2) is 9.97 Å². The summed E-state index contributed by atoms with van der Waals surface area (Å²) >= 11 is 1.90. The third-order valence-corrected chi connectivity index (χ3v) is 4.70. The molecule has 0 fully saturated rings. The Morgan fingerprint density at radius 2 is 2.25 bits per heavy atom. The first kappa shape index (κ1) is 13.7. The van der Waals surface area contributed by atoms with Gasteiger partial charge in [-0.15, -0.1) is 11.3 Å². The molecule has 0 unspecified atom stereocenters. The lowest BCUT2D eigenvalue weighted by molar-refractivity contribution is 0.244. The van der Waals surface area contributed by atoms with Gasteiger partial charge in [0.25, 0.3) is 0 Å². The molecule has 2 aromatic heterocycles. The van der Waals surface area contributed by atoms with Crippen molar-refractivity contribution >= 4 is 11.3 Å². The van der Waals surface area contributed by atoms with Gasteiger partial charge in [0.1, 0.15) is 5.82 Å². The van der Waals surface area contributed by atoms with Gasteiger partial charge in [-0.2, -0.15) is 0 Å². The van der Waals surface area contributed by atoms with Gasteiger partial charge in [-0.1, -0.05) is 6.92 Å². The van der Waals surface area contributed by atoms with Crippen molar-refractivity contribution in [2.75, 3.05) is 6.54 Å². The van der Waals surface area contributed by atoms with E-state index in [4.69, 9.17) is 4.98 Å². The average molecular weight is 287 g/mol. The van der Waals surface area contributed by atoms with E-state index in [2.05, 4.69) is 35.9 Å². The lowest BCUT2D eigenvalue weighted by Gasteiger charge is -2.27. The molecule has 20 heavy (non-hydrogen) atoms. The van der Waals surface area contributed by atoms with Crippen LogP contribution in [0.15, 0.2) is 18.3 Å². The Morgan fingerprint density at radius 1 is 1.35 bits per heavy atom. The van der Waals surface area contributed by atoms with E-state index in [9.17, 15) is 0 Å².